The highest BCUT2D eigenvalue weighted by molar-refractivity contribution is 6.60. The zero-order valence-corrected chi connectivity index (χ0v) is 13.9. The molecule has 1 aliphatic heterocycles. The molecule has 0 unspecified atom stereocenters. The zero-order valence-electron chi connectivity index (χ0n) is 12.9. The van der Waals surface area contributed by atoms with E-state index in [0.29, 0.717) is 12.6 Å². The summed E-state index contributed by atoms with van der Waals surface area (Å²) in [6.45, 7) is 4.46. The minimum atomic E-state index is -2.54. The molecule has 0 radical (unpaired) electrons. The van der Waals surface area contributed by atoms with Gasteiger partial charge in [0.2, 0.25) is 0 Å². The van der Waals surface area contributed by atoms with E-state index in [1.807, 2.05) is 0 Å². The Morgan fingerprint density at radius 2 is 1.45 bits per heavy atom. The molecule has 0 aromatic heterocycles. The van der Waals surface area contributed by atoms with Crippen LogP contribution in [0, 0.1) is 0 Å². The van der Waals surface area contributed by atoms with Gasteiger partial charge in [-0.3, -0.25) is 9.69 Å². The Morgan fingerprint density at radius 3 is 1.90 bits per heavy atom. The summed E-state index contributed by atoms with van der Waals surface area (Å²) in [5.74, 6) is -0.156. The molecular weight excluding hydrogens is 280 g/mol. The summed E-state index contributed by atoms with van der Waals surface area (Å²) >= 11 is 0. The van der Waals surface area contributed by atoms with Crippen LogP contribution < -0.4 is 0 Å². The van der Waals surface area contributed by atoms with E-state index in [9.17, 15) is 4.79 Å². The van der Waals surface area contributed by atoms with Crippen molar-refractivity contribution < 1.29 is 22.8 Å². The quantitative estimate of drug-likeness (QED) is 0.446. The van der Waals surface area contributed by atoms with Crippen LogP contribution in [-0.4, -0.2) is 91.9 Å². The van der Waals surface area contributed by atoms with Crippen molar-refractivity contribution in [1.82, 2.24) is 9.80 Å². The molecule has 1 fully saturated rings. The normalized spacial score (nSPS) is 18.2. The number of ether oxygens (including phenoxy) is 1. The molecule has 1 heterocycles. The van der Waals surface area contributed by atoms with Crippen LogP contribution in [0.25, 0.3) is 0 Å². The highest BCUT2D eigenvalue weighted by Gasteiger charge is 2.40. The van der Waals surface area contributed by atoms with E-state index in [1.165, 1.54) is 7.11 Å². The second-order valence-corrected chi connectivity index (χ2v) is 7.65. The number of piperazine rings is 1. The molecule has 0 N–H and O–H groups in total. The summed E-state index contributed by atoms with van der Waals surface area (Å²) in [5.41, 5.74) is 0. The Balaban J connectivity index is 2.33. The van der Waals surface area contributed by atoms with Crippen molar-refractivity contribution in [2.24, 2.45) is 0 Å². The Kier molecular flexibility index (Phi) is 7.63. The lowest BCUT2D eigenvalue weighted by Crippen LogP contribution is -2.57. The summed E-state index contributed by atoms with van der Waals surface area (Å²) in [6.07, 6.45) is 1.14. The molecule has 0 bridgehead atoms. The van der Waals surface area contributed by atoms with Crippen LogP contribution in [0.5, 0.6) is 0 Å². The van der Waals surface area contributed by atoms with Crippen molar-refractivity contribution in [1.29, 1.82) is 0 Å². The lowest BCUT2D eigenvalue weighted by molar-refractivity contribution is -0.141. The highest BCUT2D eigenvalue weighted by Crippen LogP contribution is 2.11. The van der Waals surface area contributed by atoms with E-state index in [-0.39, 0.29) is 5.97 Å². The molecule has 7 nitrogen and oxygen atoms in total. The molecule has 118 valence electrons. The van der Waals surface area contributed by atoms with Gasteiger partial charge in [0.25, 0.3) is 0 Å². The summed E-state index contributed by atoms with van der Waals surface area (Å²) < 4.78 is 21.0. The van der Waals surface area contributed by atoms with Gasteiger partial charge in [-0.2, -0.15) is 0 Å². The van der Waals surface area contributed by atoms with Gasteiger partial charge in [-0.25, -0.2) is 0 Å². The molecule has 0 amide bonds. The van der Waals surface area contributed by atoms with E-state index in [4.69, 9.17) is 13.3 Å². The van der Waals surface area contributed by atoms with E-state index in [0.717, 1.165) is 32.7 Å². The first-order valence-electron chi connectivity index (χ1n) is 6.76. The largest absolute Gasteiger partial charge is 0.514 e. The van der Waals surface area contributed by atoms with Crippen LogP contribution in [0.4, 0.5) is 0 Å². The van der Waals surface area contributed by atoms with E-state index in [1.54, 1.807) is 21.3 Å². The van der Waals surface area contributed by atoms with Gasteiger partial charge in [-0.1, -0.05) is 0 Å². The molecule has 0 spiro atoms. The topological polar surface area (TPSA) is 60.5 Å². The third-order valence-corrected chi connectivity index (χ3v) is 6.38. The van der Waals surface area contributed by atoms with E-state index >= 15 is 0 Å². The van der Waals surface area contributed by atoms with E-state index in [2.05, 4.69) is 14.5 Å². The van der Waals surface area contributed by atoms with Gasteiger partial charge in [-0.05, 0) is 0 Å². The van der Waals surface area contributed by atoms with Crippen molar-refractivity contribution in [3.05, 3.63) is 0 Å². The number of nitrogens with zero attached hydrogens (tertiary/aromatic N) is 2. The molecule has 20 heavy (non-hydrogen) atoms. The number of methoxy groups -OCH3 is 1. The lowest BCUT2D eigenvalue weighted by atomic mass is 10.3. The first-order chi connectivity index (χ1) is 9.59. The van der Waals surface area contributed by atoms with Gasteiger partial charge in [0.05, 0.1) is 19.7 Å². The fourth-order valence-corrected chi connectivity index (χ4v) is 3.99. The second kappa shape index (κ2) is 8.70. The Labute approximate surface area is 122 Å². The van der Waals surface area contributed by atoms with Crippen LogP contribution >= 0.6 is 0 Å². The predicted molar refractivity (Wildman–Crippen MR) is 76.3 cm³/mol. The van der Waals surface area contributed by atoms with Crippen molar-refractivity contribution in [3.8, 4) is 0 Å². The smallest absolute Gasteiger partial charge is 0.469 e. The maximum atomic E-state index is 11.1. The summed E-state index contributed by atoms with van der Waals surface area (Å²) in [6, 6.07) is 0. The molecule has 1 saturated heterocycles. The minimum Gasteiger partial charge on any atom is -0.469 e. The third kappa shape index (κ3) is 5.11. The molecule has 1 aliphatic rings. The van der Waals surface area contributed by atoms with Gasteiger partial charge in [0, 0.05) is 54.1 Å². The Hall–Kier alpha value is -0.513. The minimum absolute atomic E-state index is 0.156. The van der Waals surface area contributed by atoms with Crippen molar-refractivity contribution in [2.75, 3.05) is 67.3 Å². The van der Waals surface area contributed by atoms with Gasteiger partial charge in [-0.15, -0.1) is 0 Å². The van der Waals surface area contributed by atoms with Crippen molar-refractivity contribution >= 4 is 14.8 Å². The zero-order chi connectivity index (χ0) is 15.0. The van der Waals surface area contributed by atoms with Crippen molar-refractivity contribution in [3.63, 3.8) is 0 Å². The van der Waals surface area contributed by atoms with Gasteiger partial charge < -0.3 is 22.9 Å². The Bertz CT molecular complexity index is 285. The number of carbonyl (C=O) groups excluding carboxylic acids is 1. The molecule has 0 aromatic rings. The molecule has 0 atom stereocenters. The first kappa shape index (κ1) is 17.5. The number of hydrogen-bond donors (Lipinski definition) is 0. The SMILES string of the molecule is COC(=O)CCN1CCN(C[Si](OC)(OC)OC)CC1. The van der Waals surface area contributed by atoms with Crippen LogP contribution in [0.2, 0.25) is 0 Å². The predicted octanol–water partition coefficient (Wildman–Crippen LogP) is -0.416. The average Bonchev–Trinajstić information content (AvgIpc) is 2.51. The summed E-state index contributed by atoms with van der Waals surface area (Å²) in [7, 11) is 3.78. The number of esters is 1. The number of hydrogen-bond acceptors (Lipinski definition) is 7. The van der Waals surface area contributed by atoms with Crippen LogP contribution in [0.1, 0.15) is 6.42 Å². The van der Waals surface area contributed by atoms with Crippen molar-refractivity contribution in [2.45, 2.75) is 6.42 Å². The van der Waals surface area contributed by atoms with Gasteiger partial charge >= 0.3 is 14.8 Å². The summed E-state index contributed by atoms with van der Waals surface area (Å²) in [5, 5.41) is 0. The van der Waals surface area contributed by atoms with Crippen LogP contribution in [0.3, 0.4) is 0 Å². The monoisotopic (exact) mass is 306 g/mol. The fourth-order valence-electron chi connectivity index (χ4n) is 2.24. The lowest BCUT2D eigenvalue weighted by Gasteiger charge is -2.37. The third-order valence-electron chi connectivity index (χ3n) is 3.68. The molecule has 0 saturated carbocycles. The number of carbonyl (C=O) groups is 1. The molecule has 8 heteroatoms. The molecule has 1 rings (SSSR count). The second-order valence-electron chi connectivity index (χ2n) is 4.74. The fraction of sp³-hybridized carbons (Fsp3) is 0.917. The Morgan fingerprint density at radius 1 is 0.950 bits per heavy atom. The highest BCUT2D eigenvalue weighted by atomic mass is 28.4. The first-order valence-corrected chi connectivity index (χ1v) is 8.69. The average molecular weight is 306 g/mol. The summed E-state index contributed by atoms with van der Waals surface area (Å²) in [4.78, 5) is 15.7. The maximum Gasteiger partial charge on any atom is 0.514 e. The maximum absolute atomic E-state index is 11.1. The van der Waals surface area contributed by atoms with Crippen LogP contribution in [0.15, 0.2) is 0 Å². The molecular formula is C12H26N2O5Si. The van der Waals surface area contributed by atoms with E-state index < -0.39 is 8.80 Å². The van der Waals surface area contributed by atoms with Gasteiger partial charge in [0.15, 0.2) is 0 Å². The molecule has 0 aromatic carbocycles. The van der Waals surface area contributed by atoms with Gasteiger partial charge in [0.1, 0.15) is 0 Å². The van der Waals surface area contributed by atoms with Crippen LogP contribution in [-0.2, 0) is 22.8 Å². The molecule has 0 aliphatic carbocycles. The standard InChI is InChI=1S/C12H26N2O5Si/c1-16-12(15)5-6-13-7-9-14(10-8-13)11-20(17-2,18-3)19-4/h5-11H2,1-4H3. The number of rotatable bonds is 8.